The van der Waals surface area contributed by atoms with Gasteiger partial charge in [-0.2, -0.15) is 36.6 Å². The van der Waals surface area contributed by atoms with Crippen molar-refractivity contribution in [3.63, 3.8) is 0 Å². The Bertz CT molecular complexity index is 1590. The number of likely N-dealkylation sites (tertiary alicyclic amines) is 2. The molecule has 2 aliphatic rings. The van der Waals surface area contributed by atoms with Crippen molar-refractivity contribution in [2.45, 2.75) is 38.0 Å². The summed E-state index contributed by atoms with van der Waals surface area (Å²) < 4.78 is 79.3. The zero-order valence-corrected chi connectivity index (χ0v) is 25.5. The van der Waals surface area contributed by atoms with Gasteiger partial charge in [-0.05, 0) is 92.5 Å². The normalized spacial score (nSPS) is 15.1. The fourth-order valence-electron chi connectivity index (χ4n) is 5.20. The molecule has 0 aliphatic carbocycles. The molecule has 250 valence electrons. The van der Waals surface area contributed by atoms with Gasteiger partial charge in [-0.1, -0.05) is 6.07 Å². The third-order valence-electron chi connectivity index (χ3n) is 7.43. The van der Waals surface area contributed by atoms with Gasteiger partial charge in [-0.15, -0.1) is 0 Å². The van der Waals surface area contributed by atoms with Gasteiger partial charge in [0.1, 0.15) is 0 Å². The van der Waals surface area contributed by atoms with E-state index in [1.165, 1.54) is 6.07 Å². The Morgan fingerprint density at radius 3 is 1.60 bits per heavy atom. The van der Waals surface area contributed by atoms with Gasteiger partial charge in [0, 0.05) is 48.7 Å². The maximum absolute atomic E-state index is 13.2. The Morgan fingerprint density at radius 2 is 1.11 bits per heavy atom. The van der Waals surface area contributed by atoms with Crippen molar-refractivity contribution in [1.29, 1.82) is 0 Å². The number of hydrogen-bond acceptors (Lipinski definition) is 5. The number of alkyl halides is 6. The Morgan fingerprint density at radius 1 is 0.638 bits per heavy atom. The van der Waals surface area contributed by atoms with Crippen LogP contribution < -0.4 is 10.6 Å². The molecule has 2 aliphatic heterocycles. The number of anilines is 2. The molecule has 5 rings (SSSR count). The maximum Gasteiger partial charge on any atom is 0.416 e. The number of rotatable bonds is 6. The lowest BCUT2D eigenvalue weighted by atomic mass is 10.1. The second kappa shape index (κ2) is 14.5. The number of amides is 2. The summed E-state index contributed by atoms with van der Waals surface area (Å²) in [6, 6.07) is 12.0. The van der Waals surface area contributed by atoms with E-state index in [9.17, 15) is 35.9 Å². The molecule has 3 aromatic rings. The van der Waals surface area contributed by atoms with Crippen LogP contribution in [0.3, 0.4) is 0 Å². The standard InChI is InChI=1S/C31H28F6N6O2S.H2O/c32-30(33,34)21-15-22(31(35,36)37)17-25(16-21)39-29(46)38-23-6-5-7-24(18-23)40-41-26-13-19(27(44)42-8-1-2-9-42)12-20(14-26)28(45)43-10-3-4-11-43;/h5-7,12-18H,1-4,8-11H2,(H2,38,39,46);1H2. The summed E-state index contributed by atoms with van der Waals surface area (Å²) >= 11 is 5.13. The fraction of sp³-hybridized carbons (Fsp3) is 0.323. The van der Waals surface area contributed by atoms with Gasteiger partial charge in [-0.3, -0.25) is 9.59 Å². The van der Waals surface area contributed by atoms with Crippen molar-refractivity contribution < 1.29 is 41.4 Å². The number of halogens is 6. The minimum absolute atomic E-state index is 0. The van der Waals surface area contributed by atoms with Crippen LogP contribution in [0.2, 0.25) is 0 Å². The lowest BCUT2D eigenvalue weighted by Crippen LogP contribution is -2.29. The molecule has 0 bridgehead atoms. The number of carbonyl (C=O) groups excluding carboxylic acids is 2. The van der Waals surface area contributed by atoms with Crippen LogP contribution in [0.4, 0.5) is 49.1 Å². The summed E-state index contributed by atoms with van der Waals surface area (Å²) in [7, 11) is 0. The van der Waals surface area contributed by atoms with E-state index in [0.29, 0.717) is 60.8 Å². The molecule has 0 unspecified atom stereocenters. The molecule has 0 aromatic heterocycles. The zero-order valence-electron chi connectivity index (χ0n) is 24.7. The van der Waals surface area contributed by atoms with Crippen molar-refractivity contribution in [1.82, 2.24) is 9.80 Å². The highest BCUT2D eigenvalue weighted by Crippen LogP contribution is 2.37. The first-order valence-corrected chi connectivity index (χ1v) is 14.8. The minimum atomic E-state index is -5.00. The maximum atomic E-state index is 13.2. The Labute approximate surface area is 271 Å². The molecule has 2 heterocycles. The Hall–Kier alpha value is -4.57. The molecular weight excluding hydrogens is 650 g/mol. The first-order valence-electron chi connectivity index (χ1n) is 14.4. The van der Waals surface area contributed by atoms with Gasteiger partial charge in [0.2, 0.25) is 0 Å². The largest absolute Gasteiger partial charge is 0.416 e. The first kappa shape index (κ1) is 35.3. The van der Waals surface area contributed by atoms with Crippen LogP contribution in [0.15, 0.2) is 70.9 Å². The molecule has 0 radical (unpaired) electrons. The summed E-state index contributed by atoms with van der Waals surface area (Å²) in [5.41, 5.74) is -1.88. The molecule has 3 aromatic carbocycles. The van der Waals surface area contributed by atoms with E-state index in [4.69, 9.17) is 12.2 Å². The van der Waals surface area contributed by atoms with Crippen LogP contribution in [0.25, 0.3) is 0 Å². The number of nitrogens with zero attached hydrogens (tertiary/aromatic N) is 4. The third kappa shape index (κ3) is 9.04. The molecule has 0 spiro atoms. The predicted octanol–water partition coefficient (Wildman–Crippen LogP) is 7.60. The van der Waals surface area contributed by atoms with Crippen molar-refractivity contribution >= 4 is 51.9 Å². The number of carbonyl (C=O) groups is 2. The third-order valence-corrected chi connectivity index (χ3v) is 7.63. The number of azo groups is 1. The molecule has 9 nitrogen and oxygen atoms in total. The lowest BCUT2D eigenvalue weighted by molar-refractivity contribution is -0.143. The van der Waals surface area contributed by atoms with E-state index in [-0.39, 0.29) is 34.2 Å². The average molecular weight is 681 g/mol. The van der Waals surface area contributed by atoms with Gasteiger partial charge < -0.3 is 25.9 Å². The molecule has 2 fully saturated rings. The summed E-state index contributed by atoms with van der Waals surface area (Å²) in [4.78, 5) is 29.8. The van der Waals surface area contributed by atoms with Crippen LogP contribution in [0.1, 0.15) is 57.5 Å². The van der Waals surface area contributed by atoms with Crippen molar-refractivity contribution in [2.24, 2.45) is 10.2 Å². The molecule has 0 atom stereocenters. The minimum Gasteiger partial charge on any atom is -0.412 e. The van der Waals surface area contributed by atoms with E-state index in [0.717, 1.165) is 25.7 Å². The second-order valence-corrected chi connectivity index (χ2v) is 11.3. The van der Waals surface area contributed by atoms with Gasteiger partial charge in [-0.25, -0.2) is 0 Å². The lowest BCUT2D eigenvalue weighted by Gasteiger charge is -2.18. The van der Waals surface area contributed by atoms with Crippen LogP contribution >= 0.6 is 12.2 Å². The summed E-state index contributed by atoms with van der Waals surface area (Å²) in [6.07, 6.45) is -6.39. The van der Waals surface area contributed by atoms with Crippen molar-refractivity contribution in [2.75, 3.05) is 36.8 Å². The van der Waals surface area contributed by atoms with Gasteiger partial charge in [0.15, 0.2) is 5.11 Å². The zero-order chi connectivity index (χ0) is 33.1. The number of nitrogens with one attached hydrogen (secondary N) is 2. The number of hydrogen-bond donors (Lipinski definition) is 2. The van der Waals surface area contributed by atoms with Crippen LogP contribution in [-0.2, 0) is 12.4 Å². The van der Waals surface area contributed by atoms with Gasteiger partial charge in [0.25, 0.3) is 11.8 Å². The first-order chi connectivity index (χ1) is 21.8. The van der Waals surface area contributed by atoms with E-state index >= 15 is 0 Å². The molecule has 4 N–H and O–H groups in total. The number of benzene rings is 3. The van der Waals surface area contributed by atoms with Gasteiger partial charge in [0.05, 0.1) is 22.5 Å². The van der Waals surface area contributed by atoms with E-state index in [1.54, 1.807) is 46.2 Å². The van der Waals surface area contributed by atoms with E-state index in [2.05, 4.69) is 20.9 Å². The fourth-order valence-corrected chi connectivity index (χ4v) is 5.44. The molecule has 2 saturated heterocycles. The van der Waals surface area contributed by atoms with Crippen molar-refractivity contribution in [3.8, 4) is 0 Å². The topological polar surface area (TPSA) is 121 Å². The van der Waals surface area contributed by atoms with Crippen LogP contribution in [0.5, 0.6) is 0 Å². The van der Waals surface area contributed by atoms with Crippen LogP contribution in [0, 0.1) is 0 Å². The average Bonchev–Trinajstić information content (AvgIpc) is 3.74. The Kier molecular flexibility index (Phi) is 10.9. The predicted molar refractivity (Wildman–Crippen MR) is 167 cm³/mol. The molecule has 2 amide bonds. The smallest absolute Gasteiger partial charge is 0.412 e. The highest BCUT2D eigenvalue weighted by molar-refractivity contribution is 7.80. The molecular formula is C31H30F6N6O3S. The van der Waals surface area contributed by atoms with E-state index in [1.807, 2.05) is 0 Å². The monoisotopic (exact) mass is 680 g/mol. The van der Waals surface area contributed by atoms with E-state index < -0.39 is 29.2 Å². The van der Waals surface area contributed by atoms with Crippen molar-refractivity contribution in [3.05, 3.63) is 82.9 Å². The highest BCUT2D eigenvalue weighted by Gasteiger charge is 2.37. The molecule has 16 heteroatoms. The molecule has 47 heavy (non-hydrogen) atoms. The summed E-state index contributed by atoms with van der Waals surface area (Å²) in [5, 5.41) is 13.3. The summed E-state index contributed by atoms with van der Waals surface area (Å²) in [5.74, 6) is -0.388. The Balaban J connectivity index is 0.00000500. The summed E-state index contributed by atoms with van der Waals surface area (Å²) in [6.45, 7) is 2.53. The quantitative estimate of drug-likeness (QED) is 0.158. The highest BCUT2D eigenvalue weighted by atomic mass is 32.1. The molecule has 0 saturated carbocycles. The number of thiocarbonyl (C=S) groups is 1. The van der Waals surface area contributed by atoms with Gasteiger partial charge >= 0.3 is 12.4 Å². The SMILES string of the molecule is O.O=C(c1cc(N=Nc2cccc(NC(=S)Nc3cc(C(F)(F)F)cc(C(F)(F)F)c3)c2)cc(C(=O)N2CCCC2)c1)N1CCCC1. The van der Waals surface area contributed by atoms with Crippen LogP contribution in [-0.4, -0.2) is 58.4 Å². The second-order valence-electron chi connectivity index (χ2n) is 10.9.